The summed E-state index contributed by atoms with van der Waals surface area (Å²) in [5.41, 5.74) is 1.63. The topological polar surface area (TPSA) is 30.0 Å². The predicted octanol–water partition coefficient (Wildman–Crippen LogP) is 2.18. The molecule has 15 heavy (non-hydrogen) atoms. The smallest absolute Gasteiger partial charge is 0.131 e. The van der Waals surface area contributed by atoms with Crippen LogP contribution in [0.3, 0.4) is 0 Å². The van der Waals surface area contributed by atoms with Gasteiger partial charge in [-0.25, -0.2) is 4.98 Å². The van der Waals surface area contributed by atoms with Gasteiger partial charge in [0.05, 0.1) is 11.9 Å². The molecule has 1 aromatic carbocycles. The van der Waals surface area contributed by atoms with Crippen LogP contribution in [-0.2, 0) is 4.79 Å². The molecule has 0 bridgehead atoms. The standard InChI is InChI=1S/C13H9NO/c15-10-4-3-6-12-9-8-11-5-1-2-7-13(11)14-12/h1-2,5,7-10H,4H2. The van der Waals surface area contributed by atoms with Crippen LogP contribution in [0, 0.1) is 11.8 Å². The van der Waals surface area contributed by atoms with Gasteiger partial charge >= 0.3 is 0 Å². The van der Waals surface area contributed by atoms with Crippen molar-refractivity contribution < 1.29 is 4.79 Å². The van der Waals surface area contributed by atoms with Gasteiger partial charge in [0.15, 0.2) is 0 Å². The number of rotatable bonds is 1. The van der Waals surface area contributed by atoms with Crippen LogP contribution in [0.4, 0.5) is 0 Å². The summed E-state index contributed by atoms with van der Waals surface area (Å²) in [6.07, 6.45) is 1.04. The van der Waals surface area contributed by atoms with Gasteiger partial charge in [-0.2, -0.15) is 0 Å². The van der Waals surface area contributed by atoms with Gasteiger partial charge in [-0.3, -0.25) is 0 Å². The minimum Gasteiger partial charge on any atom is -0.302 e. The second-order valence-corrected chi connectivity index (χ2v) is 3.06. The molecule has 0 atom stereocenters. The zero-order valence-electron chi connectivity index (χ0n) is 8.10. The lowest BCUT2D eigenvalue weighted by Crippen LogP contribution is -1.83. The Morgan fingerprint density at radius 3 is 2.93 bits per heavy atom. The van der Waals surface area contributed by atoms with Crippen LogP contribution in [0.15, 0.2) is 36.4 Å². The molecule has 2 rings (SSSR count). The van der Waals surface area contributed by atoms with Crippen LogP contribution in [0.2, 0.25) is 0 Å². The second kappa shape index (κ2) is 4.39. The number of hydrogen-bond acceptors (Lipinski definition) is 2. The largest absolute Gasteiger partial charge is 0.302 e. The molecule has 0 aliphatic rings. The number of aldehydes is 1. The Morgan fingerprint density at radius 1 is 1.20 bits per heavy atom. The lowest BCUT2D eigenvalue weighted by Gasteiger charge is -1.95. The Bertz CT molecular complexity index is 549. The molecule has 2 heteroatoms. The van der Waals surface area contributed by atoms with Gasteiger partial charge in [0, 0.05) is 5.39 Å². The van der Waals surface area contributed by atoms with E-state index in [9.17, 15) is 4.79 Å². The van der Waals surface area contributed by atoms with Crippen molar-refractivity contribution in [3.05, 3.63) is 42.1 Å². The maximum atomic E-state index is 10.1. The van der Waals surface area contributed by atoms with Crippen LogP contribution in [0.5, 0.6) is 0 Å². The van der Waals surface area contributed by atoms with E-state index in [0.29, 0.717) is 5.69 Å². The minimum atomic E-state index is 0.258. The molecule has 72 valence electrons. The summed E-state index contributed by atoms with van der Waals surface area (Å²) in [4.78, 5) is 14.4. The SMILES string of the molecule is O=CCC#Cc1ccc2ccccc2n1. The highest BCUT2D eigenvalue weighted by Gasteiger charge is 1.93. The summed E-state index contributed by atoms with van der Waals surface area (Å²) in [5.74, 6) is 5.58. The van der Waals surface area contributed by atoms with E-state index in [4.69, 9.17) is 0 Å². The molecular weight excluding hydrogens is 186 g/mol. The van der Waals surface area contributed by atoms with Crippen LogP contribution < -0.4 is 0 Å². The maximum Gasteiger partial charge on any atom is 0.131 e. The van der Waals surface area contributed by atoms with Gasteiger partial charge < -0.3 is 4.79 Å². The van der Waals surface area contributed by atoms with E-state index < -0.39 is 0 Å². The molecule has 1 aromatic heterocycles. The van der Waals surface area contributed by atoms with E-state index in [2.05, 4.69) is 16.8 Å². The first kappa shape index (κ1) is 9.42. The van der Waals surface area contributed by atoms with E-state index in [1.807, 2.05) is 36.4 Å². The third kappa shape index (κ3) is 2.21. The third-order valence-corrected chi connectivity index (χ3v) is 2.00. The van der Waals surface area contributed by atoms with Gasteiger partial charge in [0.25, 0.3) is 0 Å². The van der Waals surface area contributed by atoms with Crippen molar-refractivity contribution in [2.75, 3.05) is 0 Å². The number of pyridine rings is 1. The molecule has 0 amide bonds. The van der Waals surface area contributed by atoms with E-state index in [-0.39, 0.29) is 6.42 Å². The Kier molecular flexibility index (Phi) is 2.75. The van der Waals surface area contributed by atoms with Crippen molar-refractivity contribution in [2.45, 2.75) is 6.42 Å². The van der Waals surface area contributed by atoms with E-state index >= 15 is 0 Å². The van der Waals surface area contributed by atoms with Crippen molar-refractivity contribution in [1.29, 1.82) is 0 Å². The normalized spacial score (nSPS) is 9.33. The minimum absolute atomic E-state index is 0.258. The van der Waals surface area contributed by atoms with Crippen molar-refractivity contribution in [1.82, 2.24) is 4.98 Å². The van der Waals surface area contributed by atoms with Crippen LogP contribution in [0.1, 0.15) is 12.1 Å². The maximum absolute atomic E-state index is 10.1. The number of para-hydroxylation sites is 1. The molecule has 0 aliphatic carbocycles. The molecule has 0 saturated heterocycles. The fourth-order valence-electron chi connectivity index (χ4n) is 1.32. The fraction of sp³-hybridized carbons (Fsp3) is 0.0769. The predicted molar refractivity (Wildman–Crippen MR) is 59.3 cm³/mol. The summed E-state index contributed by atoms with van der Waals surface area (Å²) in [6, 6.07) is 11.7. The average Bonchev–Trinajstić information content (AvgIpc) is 2.29. The van der Waals surface area contributed by atoms with Gasteiger partial charge in [-0.15, -0.1) is 0 Å². The second-order valence-electron chi connectivity index (χ2n) is 3.06. The van der Waals surface area contributed by atoms with Gasteiger partial charge in [0.1, 0.15) is 12.0 Å². The number of hydrogen-bond donors (Lipinski definition) is 0. The summed E-state index contributed by atoms with van der Waals surface area (Å²) < 4.78 is 0. The first-order chi connectivity index (χ1) is 7.40. The molecule has 0 aliphatic heterocycles. The number of fused-ring (bicyclic) bond motifs is 1. The third-order valence-electron chi connectivity index (χ3n) is 2.00. The van der Waals surface area contributed by atoms with E-state index in [0.717, 1.165) is 17.2 Å². The number of carbonyl (C=O) groups excluding carboxylic acids is 1. The van der Waals surface area contributed by atoms with Crippen molar-refractivity contribution in [3.63, 3.8) is 0 Å². The van der Waals surface area contributed by atoms with E-state index in [1.165, 1.54) is 0 Å². The van der Waals surface area contributed by atoms with Gasteiger partial charge in [0.2, 0.25) is 0 Å². The zero-order chi connectivity index (χ0) is 10.5. The molecular formula is C13H9NO. The molecule has 0 radical (unpaired) electrons. The van der Waals surface area contributed by atoms with Gasteiger partial charge in [-0.05, 0) is 18.1 Å². The number of nitrogens with zero attached hydrogens (tertiary/aromatic N) is 1. The first-order valence-corrected chi connectivity index (χ1v) is 4.68. The Morgan fingerprint density at radius 2 is 2.07 bits per heavy atom. The highest BCUT2D eigenvalue weighted by molar-refractivity contribution is 5.78. The van der Waals surface area contributed by atoms with Crippen molar-refractivity contribution >= 4 is 17.2 Å². The lowest BCUT2D eigenvalue weighted by molar-refractivity contribution is -0.107. The van der Waals surface area contributed by atoms with Crippen molar-refractivity contribution in [2.24, 2.45) is 0 Å². The highest BCUT2D eigenvalue weighted by atomic mass is 16.1. The average molecular weight is 195 g/mol. The Hall–Kier alpha value is -2.14. The molecule has 0 fully saturated rings. The first-order valence-electron chi connectivity index (χ1n) is 4.68. The molecule has 0 N–H and O–H groups in total. The van der Waals surface area contributed by atoms with Crippen LogP contribution in [-0.4, -0.2) is 11.3 Å². The monoisotopic (exact) mass is 195 g/mol. The van der Waals surface area contributed by atoms with Crippen LogP contribution in [0.25, 0.3) is 10.9 Å². The summed E-state index contributed by atoms with van der Waals surface area (Å²) >= 11 is 0. The quantitative estimate of drug-likeness (QED) is 0.515. The zero-order valence-corrected chi connectivity index (χ0v) is 8.10. The highest BCUT2D eigenvalue weighted by Crippen LogP contribution is 2.10. The Balaban J connectivity index is 2.40. The molecule has 0 spiro atoms. The summed E-state index contributed by atoms with van der Waals surface area (Å²) in [5, 5.41) is 1.10. The molecule has 0 saturated carbocycles. The molecule has 2 aromatic rings. The lowest BCUT2D eigenvalue weighted by atomic mass is 10.2. The van der Waals surface area contributed by atoms with Crippen LogP contribution >= 0.6 is 0 Å². The van der Waals surface area contributed by atoms with Crippen molar-refractivity contribution in [3.8, 4) is 11.8 Å². The number of aromatic nitrogens is 1. The number of benzene rings is 1. The summed E-state index contributed by atoms with van der Waals surface area (Å²) in [7, 11) is 0. The molecule has 2 nitrogen and oxygen atoms in total. The fourth-order valence-corrected chi connectivity index (χ4v) is 1.32. The Labute approximate surface area is 88.0 Å². The van der Waals surface area contributed by atoms with Gasteiger partial charge in [-0.1, -0.05) is 30.2 Å². The molecule has 1 heterocycles. The van der Waals surface area contributed by atoms with E-state index in [1.54, 1.807) is 0 Å². The summed E-state index contributed by atoms with van der Waals surface area (Å²) in [6.45, 7) is 0. The number of carbonyl (C=O) groups is 1. The molecule has 0 unspecified atom stereocenters.